The number of likely N-dealkylation sites (N-methyl/N-ethyl adjacent to an activating group) is 1. The van der Waals surface area contributed by atoms with Crippen molar-refractivity contribution in [2.75, 3.05) is 38.2 Å². The van der Waals surface area contributed by atoms with Crippen LogP contribution in [0, 0.1) is 17.5 Å². The quantitative estimate of drug-likeness (QED) is 0.0486. The summed E-state index contributed by atoms with van der Waals surface area (Å²) in [4.78, 5) is 203. The Morgan fingerprint density at radius 3 is 1.78 bits per heavy atom. The van der Waals surface area contributed by atoms with Crippen molar-refractivity contribution in [2.45, 2.75) is 149 Å². The van der Waals surface area contributed by atoms with Crippen LogP contribution in [0.3, 0.4) is 0 Å². The predicted octanol–water partition coefficient (Wildman–Crippen LogP) is 2.11. The number of carboxylic acids is 1. The molecule has 620 valence electrons. The van der Waals surface area contributed by atoms with Gasteiger partial charge in [-0.25, -0.2) is 18.2 Å². The molecule has 10 rings (SSSR count). The average Bonchev–Trinajstić information content (AvgIpc) is 1.70. The molecule has 2 aliphatic rings. The van der Waals surface area contributed by atoms with E-state index < -0.39 is 187 Å². The molecule has 0 unspecified atom stereocenters. The molecule has 12 amide bonds. The van der Waals surface area contributed by atoms with Crippen molar-refractivity contribution >= 4 is 122 Å². The summed E-state index contributed by atoms with van der Waals surface area (Å²) in [6.07, 6.45) is 3.38. The first kappa shape index (κ1) is 87.1. The van der Waals surface area contributed by atoms with E-state index in [1.165, 1.54) is 134 Å². The second-order valence-electron chi connectivity index (χ2n) is 28.6. The number of nitrogens with two attached hydrogens (primary N) is 2. The molecule has 5 aromatic carbocycles. The van der Waals surface area contributed by atoms with Crippen molar-refractivity contribution in [3.8, 4) is 5.75 Å². The Kier molecular flexibility index (Phi) is 30.8. The fraction of sp³-hybridized carbons (Fsp3) is 0.375. The second kappa shape index (κ2) is 41.4. The van der Waals surface area contributed by atoms with Gasteiger partial charge in [-0.2, -0.15) is 23.5 Å². The number of fused-ring (bicyclic) bond motifs is 5. The zero-order valence-electron chi connectivity index (χ0n) is 63.9. The van der Waals surface area contributed by atoms with Crippen LogP contribution in [0.1, 0.15) is 84.5 Å². The van der Waals surface area contributed by atoms with Gasteiger partial charge in [0.05, 0.1) is 19.3 Å². The van der Waals surface area contributed by atoms with Crippen LogP contribution in [0.5, 0.6) is 5.75 Å². The Morgan fingerprint density at radius 2 is 1.19 bits per heavy atom. The van der Waals surface area contributed by atoms with Crippen LogP contribution in [0.15, 0.2) is 134 Å². The molecular formula is C80H92F3N17O15S2. The van der Waals surface area contributed by atoms with Crippen molar-refractivity contribution in [1.29, 1.82) is 0 Å². The summed E-state index contributed by atoms with van der Waals surface area (Å²) < 4.78 is 44.3. The molecule has 3 aromatic heterocycles. The van der Waals surface area contributed by atoms with E-state index in [2.05, 4.69) is 67.8 Å². The van der Waals surface area contributed by atoms with E-state index in [9.17, 15) is 57.8 Å². The molecule has 2 bridgehead atoms. The van der Waals surface area contributed by atoms with Gasteiger partial charge in [-0.15, -0.1) is 0 Å². The number of thioether (sulfide) groups is 2. The number of nitrogens with one attached hydrogen (secondary N) is 12. The molecule has 1 saturated heterocycles. The number of aromatic hydroxyl groups is 1. The molecule has 1 fully saturated rings. The van der Waals surface area contributed by atoms with Crippen molar-refractivity contribution in [3.05, 3.63) is 191 Å². The van der Waals surface area contributed by atoms with E-state index in [4.69, 9.17) is 11.5 Å². The van der Waals surface area contributed by atoms with Gasteiger partial charge in [0.15, 0.2) is 0 Å². The number of H-pyrrole nitrogens is 3. The maximum atomic E-state index is 15.3. The Labute approximate surface area is 677 Å². The molecule has 0 spiro atoms. The second-order valence-corrected chi connectivity index (χ2v) is 30.7. The highest BCUT2D eigenvalue weighted by Gasteiger charge is 2.42. The molecule has 5 heterocycles. The number of nitrogens with zero attached hydrogens (tertiary/aromatic N) is 3. The van der Waals surface area contributed by atoms with Gasteiger partial charge in [0, 0.05) is 122 Å². The van der Waals surface area contributed by atoms with Gasteiger partial charge in [-0.1, -0.05) is 48.5 Å². The number of benzene rings is 5. The van der Waals surface area contributed by atoms with Crippen molar-refractivity contribution in [1.82, 2.24) is 77.6 Å². The number of imidazole rings is 1. The smallest absolute Gasteiger partial charge is 0.305 e. The van der Waals surface area contributed by atoms with Gasteiger partial charge < -0.3 is 94.3 Å². The van der Waals surface area contributed by atoms with E-state index in [0.29, 0.717) is 28.6 Å². The third-order valence-electron chi connectivity index (χ3n) is 20.0. The number of halogens is 3. The van der Waals surface area contributed by atoms with Crippen LogP contribution in [-0.2, 0) is 106 Å². The molecular weight excluding hydrogens is 1560 g/mol. The summed E-state index contributed by atoms with van der Waals surface area (Å²) >= 11 is 2.45. The van der Waals surface area contributed by atoms with Crippen molar-refractivity contribution in [2.24, 2.45) is 11.5 Å². The Morgan fingerprint density at radius 1 is 0.624 bits per heavy atom. The van der Waals surface area contributed by atoms with Crippen LogP contribution >= 0.6 is 23.5 Å². The standard InChI is InChI=1S/C80H92F3N17O15S2/c1-43(101)99(2)68(27-45-11-15-50(81)16-12-45)79(114)98-66-41-117-39-47-8-5-7-46(25-47)38-116-40-65(71(85)106)97-78(113)67-10-6-24-100(67)80(115)64(26-44-13-19-54(102)20-14-44)96-75(110)62(32-53-36-86-42-90-53)94-76(111)63(33-70(104)105)95-74(109)61(29-49-35-88-58-22-18-52(83)31-56(49)58)93-73(108)60(28-48-34-87-57-21-17-51(82)30-55(48)57)91-69(103)37-89-72(107)59(92-77(66)112)9-3-4-23-84/h5,7-8,11-22,25,30-31,34-36,42,59-68,87-88,102H,3-4,6,9-10,23-24,26-29,32-33,37-41,84H2,1-2H3,(H2,85,106)(H,86,90)(H,89,107)(H,91,103)(H,92,112)(H,93,108)(H,94,111)(H,95,109)(H,96,110)(H,97,113)(H,98,114)(H,104,105)/t59-,60-,61-,62-,63-,64-,65-,66-,67-,68-/m0/s1. The van der Waals surface area contributed by atoms with Gasteiger partial charge in [0.2, 0.25) is 70.9 Å². The lowest BCUT2D eigenvalue weighted by Crippen LogP contribution is -2.61. The highest BCUT2D eigenvalue weighted by Crippen LogP contribution is 2.27. The Hall–Kier alpha value is -12.3. The molecule has 32 nitrogen and oxygen atoms in total. The molecule has 117 heavy (non-hydrogen) atoms. The molecule has 37 heteroatoms. The van der Waals surface area contributed by atoms with Crippen molar-refractivity contribution in [3.63, 3.8) is 0 Å². The first-order chi connectivity index (χ1) is 56.1. The van der Waals surface area contributed by atoms with Crippen LogP contribution in [-0.4, -0.2) is 215 Å². The number of carbonyl (C=O) groups excluding carboxylic acids is 12. The predicted molar refractivity (Wildman–Crippen MR) is 427 cm³/mol. The van der Waals surface area contributed by atoms with E-state index in [0.717, 1.165) is 34.2 Å². The summed E-state index contributed by atoms with van der Waals surface area (Å²) in [6.45, 7) is 0.500. The minimum absolute atomic E-state index is 0.0112. The number of phenols is 1. The number of phenolic OH excluding ortho intramolecular Hbond substituents is 1. The van der Waals surface area contributed by atoms with E-state index in [1.54, 1.807) is 6.07 Å². The lowest BCUT2D eigenvalue weighted by Gasteiger charge is -2.31. The first-order valence-corrected chi connectivity index (χ1v) is 40.1. The maximum Gasteiger partial charge on any atom is 0.305 e. The number of carboxylic acid groups (broad SMARTS) is 1. The SMILES string of the molecule is CC(=O)N(C)[C@@H](Cc1ccc(F)cc1)C(=O)N[C@H]1CSCc2cccc(c2)CSC[C@@H](C(N)=O)NC(=O)[C@@H]2CCCN2C(=O)[C@H](Cc2ccc(O)cc2)NC(=O)[C@H](Cc2cnc[nH]2)NC(=O)[C@H](CC(=O)O)NC(=O)[C@H](Cc2c[nH]c3ccc(F)cc23)NC(=O)[C@H](Cc2c[nH]c3ccc(F)cc23)NC(=O)CNC(=O)[C@H](CCCCN)NC1=O. The molecule has 0 saturated carbocycles. The van der Waals surface area contributed by atoms with Crippen molar-refractivity contribution < 1.29 is 85.7 Å². The lowest BCUT2D eigenvalue weighted by molar-refractivity contribution is -0.143. The van der Waals surface area contributed by atoms with E-state index >= 15 is 28.0 Å². The zero-order chi connectivity index (χ0) is 84.0. The molecule has 2 aliphatic heterocycles. The minimum Gasteiger partial charge on any atom is -0.508 e. The monoisotopic (exact) mass is 1650 g/mol. The summed E-state index contributed by atoms with van der Waals surface area (Å²) in [7, 11) is 1.38. The van der Waals surface area contributed by atoms with Gasteiger partial charge in [0.1, 0.15) is 83.6 Å². The Balaban J connectivity index is 1.01. The summed E-state index contributed by atoms with van der Waals surface area (Å²) in [5, 5.41) is 44.7. The number of hydrogen-bond acceptors (Lipinski definition) is 18. The summed E-state index contributed by atoms with van der Waals surface area (Å²) in [5.74, 6) is -14.7. The number of unbranched alkanes of at least 4 members (excludes halogenated alkanes) is 1. The zero-order valence-corrected chi connectivity index (χ0v) is 65.5. The molecule has 10 atom stereocenters. The number of aromatic nitrogens is 4. The normalized spacial score (nSPS) is 21.4. The number of rotatable bonds is 20. The van der Waals surface area contributed by atoms with E-state index in [1.807, 2.05) is 18.2 Å². The Bertz CT molecular complexity index is 4920. The molecule has 0 radical (unpaired) electrons. The largest absolute Gasteiger partial charge is 0.508 e. The third-order valence-corrected chi connectivity index (χ3v) is 22.3. The van der Waals surface area contributed by atoms with Crippen LogP contribution in [0.4, 0.5) is 13.2 Å². The lowest BCUT2D eigenvalue weighted by atomic mass is 10.0. The summed E-state index contributed by atoms with van der Waals surface area (Å²) in [5.41, 5.74) is 15.6. The molecule has 18 N–H and O–H groups in total. The fourth-order valence-electron chi connectivity index (χ4n) is 13.7. The van der Waals surface area contributed by atoms with Gasteiger partial charge in [-0.05, 0) is 133 Å². The van der Waals surface area contributed by atoms with Gasteiger partial charge in [0.25, 0.3) is 0 Å². The number of amides is 12. The fourth-order valence-corrected chi connectivity index (χ4v) is 15.7. The average molecular weight is 1650 g/mol. The van der Waals surface area contributed by atoms with Gasteiger partial charge >= 0.3 is 5.97 Å². The molecule has 0 aliphatic carbocycles. The topological polar surface area (TPSA) is 489 Å². The number of aliphatic carboxylic acids is 1. The number of hydrogen-bond donors (Lipinski definition) is 16. The van der Waals surface area contributed by atoms with Crippen LogP contribution in [0.25, 0.3) is 21.8 Å². The molecule has 8 aromatic rings. The van der Waals surface area contributed by atoms with Crippen LogP contribution in [0.2, 0.25) is 0 Å². The first-order valence-electron chi connectivity index (χ1n) is 37.7. The van der Waals surface area contributed by atoms with E-state index in [-0.39, 0.29) is 108 Å². The minimum atomic E-state index is -2.10. The van der Waals surface area contributed by atoms with Gasteiger partial charge in [-0.3, -0.25) is 62.3 Å². The van der Waals surface area contributed by atoms with Crippen LogP contribution < -0.4 is 59.3 Å². The number of carbonyl (C=O) groups is 13. The highest BCUT2D eigenvalue weighted by molar-refractivity contribution is 7.98. The highest BCUT2D eigenvalue weighted by atomic mass is 32.2. The summed E-state index contributed by atoms with van der Waals surface area (Å²) in [6, 6.07) is 10.0. The number of primary amides is 1. The third kappa shape index (κ3) is 24.6. The maximum absolute atomic E-state index is 15.3. The number of aromatic amines is 3.